The fraction of sp³-hybridized carbons (Fsp3) is 0.588. The maximum absolute atomic E-state index is 11.6. The third kappa shape index (κ3) is 5.07. The molecule has 0 radical (unpaired) electrons. The van der Waals surface area contributed by atoms with Gasteiger partial charge in [0.05, 0.1) is 13.5 Å². The summed E-state index contributed by atoms with van der Waals surface area (Å²) in [5.41, 5.74) is 1.72. The summed E-state index contributed by atoms with van der Waals surface area (Å²) < 4.78 is 21.5. The highest BCUT2D eigenvalue weighted by Crippen LogP contribution is 2.47. The van der Waals surface area contributed by atoms with Crippen LogP contribution >= 0.6 is 7.60 Å². The smallest absolute Gasteiger partial charge is 0.362 e. The second-order valence-corrected chi connectivity index (χ2v) is 8.10. The maximum Gasteiger partial charge on any atom is 0.362 e. The van der Waals surface area contributed by atoms with Gasteiger partial charge >= 0.3 is 13.6 Å². The highest BCUT2D eigenvalue weighted by atomic mass is 31.2. The number of carbonyl (C=O) groups is 1. The van der Waals surface area contributed by atoms with Crippen LogP contribution in [0.3, 0.4) is 0 Å². The van der Waals surface area contributed by atoms with Crippen molar-refractivity contribution in [3.05, 3.63) is 29.3 Å². The summed E-state index contributed by atoms with van der Waals surface area (Å²) in [6, 6.07) is 5.68. The van der Waals surface area contributed by atoms with E-state index in [9.17, 15) is 9.36 Å². The predicted molar refractivity (Wildman–Crippen MR) is 90.2 cm³/mol. The molecule has 0 bridgehead atoms. The minimum absolute atomic E-state index is 0.171. The first kappa shape index (κ1) is 19.0. The number of carbonyl (C=O) groups excluding carboxylic acids is 1. The lowest BCUT2D eigenvalue weighted by molar-refractivity contribution is -0.140. The number of hydrogen-bond acceptors (Lipinski definition) is 4. The Morgan fingerprint density at radius 1 is 1.29 bits per heavy atom. The minimum atomic E-state index is -4.29. The predicted octanol–water partition coefficient (Wildman–Crippen LogP) is 3.38. The van der Waals surface area contributed by atoms with E-state index in [4.69, 9.17) is 19.3 Å². The standard InChI is InChI=1S/C17H25O6P/c1-11(9-16(18)22-3)14-5-4-6-15(12(2)13-7-8-13)17(14)23-10-24(19,20)21/h4-6,11-13H,7-10H2,1-3H3,(H2,19,20,21). The van der Waals surface area contributed by atoms with Gasteiger partial charge in [-0.25, -0.2) is 0 Å². The SMILES string of the molecule is COC(=O)CC(C)c1cccc(C(C)C2CC2)c1OCP(=O)(O)O. The zero-order valence-electron chi connectivity index (χ0n) is 14.3. The Hall–Kier alpha value is -1.36. The van der Waals surface area contributed by atoms with E-state index in [0.29, 0.717) is 11.7 Å². The summed E-state index contributed by atoms with van der Waals surface area (Å²) in [6.07, 6.45) is 1.82. The monoisotopic (exact) mass is 356 g/mol. The quantitative estimate of drug-likeness (QED) is 0.548. The summed E-state index contributed by atoms with van der Waals surface area (Å²) in [5.74, 6) is 0.826. The van der Waals surface area contributed by atoms with Crippen molar-refractivity contribution in [3.63, 3.8) is 0 Å². The molecule has 0 aliphatic heterocycles. The Balaban J connectivity index is 2.34. The number of rotatable bonds is 8. The molecule has 1 saturated carbocycles. The average Bonchev–Trinajstić information content (AvgIpc) is 3.35. The average molecular weight is 356 g/mol. The molecule has 1 aromatic carbocycles. The fourth-order valence-corrected chi connectivity index (χ4v) is 3.23. The van der Waals surface area contributed by atoms with Gasteiger partial charge in [-0.15, -0.1) is 0 Å². The first-order valence-electron chi connectivity index (χ1n) is 8.10. The van der Waals surface area contributed by atoms with E-state index in [1.807, 2.05) is 25.1 Å². The Morgan fingerprint density at radius 2 is 1.92 bits per heavy atom. The van der Waals surface area contributed by atoms with Crippen LogP contribution in [0, 0.1) is 5.92 Å². The second-order valence-electron chi connectivity index (χ2n) is 6.51. The van der Waals surface area contributed by atoms with Crippen molar-refractivity contribution in [2.75, 3.05) is 13.5 Å². The molecule has 2 rings (SSSR count). The van der Waals surface area contributed by atoms with Crippen molar-refractivity contribution in [3.8, 4) is 5.75 Å². The second kappa shape index (κ2) is 7.68. The molecule has 0 heterocycles. The van der Waals surface area contributed by atoms with Gasteiger partial charge in [0, 0.05) is 0 Å². The molecular formula is C17H25O6P. The highest BCUT2D eigenvalue weighted by Gasteiger charge is 2.32. The van der Waals surface area contributed by atoms with Gasteiger partial charge in [-0.1, -0.05) is 32.0 Å². The molecule has 1 fully saturated rings. The molecule has 2 N–H and O–H groups in total. The van der Waals surface area contributed by atoms with E-state index in [1.165, 1.54) is 7.11 Å². The van der Waals surface area contributed by atoms with Gasteiger partial charge in [-0.2, -0.15) is 0 Å². The minimum Gasteiger partial charge on any atom is -0.480 e. The lowest BCUT2D eigenvalue weighted by atomic mass is 9.89. The van der Waals surface area contributed by atoms with E-state index >= 15 is 0 Å². The van der Waals surface area contributed by atoms with E-state index in [1.54, 1.807) is 0 Å². The molecule has 0 amide bonds. The maximum atomic E-state index is 11.6. The summed E-state index contributed by atoms with van der Waals surface area (Å²) in [6.45, 7) is 3.98. The number of para-hydroxylation sites is 1. The van der Waals surface area contributed by atoms with Gasteiger partial charge < -0.3 is 19.3 Å². The molecule has 6 nitrogen and oxygen atoms in total. The van der Waals surface area contributed by atoms with Crippen LogP contribution in [-0.2, 0) is 14.1 Å². The van der Waals surface area contributed by atoms with Crippen molar-refractivity contribution in [1.29, 1.82) is 0 Å². The molecule has 1 aliphatic carbocycles. The molecule has 2 atom stereocenters. The summed E-state index contributed by atoms with van der Waals surface area (Å²) in [7, 11) is -2.95. The molecule has 0 aromatic heterocycles. The number of benzene rings is 1. The van der Waals surface area contributed by atoms with Crippen LogP contribution < -0.4 is 4.74 Å². The topological polar surface area (TPSA) is 93.1 Å². The molecule has 134 valence electrons. The van der Waals surface area contributed by atoms with Crippen molar-refractivity contribution < 1.29 is 28.6 Å². The van der Waals surface area contributed by atoms with Crippen LogP contribution in [0.4, 0.5) is 0 Å². The van der Waals surface area contributed by atoms with E-state index in [2.05, 4.69) is 6.92 Å². The largest absolute Gasteiger partial charge is 0.480 e. The molecule has 2 unspecified atom stereocenters. The highest BCUT2D eigenvalue weighted by molar-refractivity contribution is 7.51. The molecule has 24 heavy (non-hydrogen) atoms. The lowest BCUT2D eigenvalue weighted by Crippen LogP contribution is -2.11. The fourth-order valence-electron chi connectivity index (χ4n) is 2.93. The van der Waals surface area contributed by atoms with Gasteiger partial charge in [0.15, 0.2) is 6.35 Å². The molecule has 0 saturated heterocycles. The number of ether oxygens (including phenoxy) is 2. The van der Waals surface area contributed by atoms with Gasteiger partial charge in [-0.3, -0.25) is 9.36 Å². The summed E-state index contributed by atoms with van der Waals surface area (Å²) >= 11 is 0. The Kier molecular flexibility index (Phi) is 6.07. The van der Waals surface area contributed by atoms with Crippen LogP contribution in [-0.4, -0.2) is 29.2 Å². The summed E-state index contributed by atoms with van der Waals surface area (Å²) in [4.78, 5) is 29.9. The van der Waals surface area contributed by atoms with E-state index in [-0.39, 0.29) is 24.2 Å². The van der Waals surface area contributed by atoms with Crippen LogP contribution in [0.1, 0.15) is 56.1 Å². The van der Waals surface area contributed by atoms with Crippen molar-refractivity contribution in [2.45, 2.75) is 44.9 Å². The van der Waals surface area contributed by atoms with Crippen molar-refractivity contribution >= 4 is 13.6 Å². The zero-order chi connectivity index (χ0) is 17.9. The van der Waals surface area contributed by atoms with Crippen molar-refractivity contribution in [1.82, 2.24) is 0 Å². The van der Waals surface area contributed by atoms with E-state index in [0.717, 1.165) is 24.0 Å². The Bertz CT molecular complexity index is 634. The third-order valence-electron chi connectivity index (χ3n) is 4.50. The Labute approximate surface area is 142 Å². The first-order valence-corrected chi connectivity index (χ1v) is 9.89. The number of esters is 1. The van der Waals surface area contributed by atoms with Crippen LogP contribution in [0.15, 0.2) is 18.2 Å². The molecule has 0 spiro atoms. The number of methoxy groups -OCH3 is 1. The summed E-state index contributed by atoms with van der Waals surface area (Å²) in [5, 5.41) is 0. The normalized spacial score (nSPS) is 17.2. The molecule has 1 aromatic rings. The molecule has 7 heteroatoms. The lowest BCUT2D eigenvalue weighted by Gasteiger charge is -2.22. The third-order valence-corrected chi connectivity index (χ3v) is 4.97. The van der Waals surface area contributed by atoms with Crippen LogP contribution in [0.5, 0.6) is 5.75 Å². The van der Waals surface area contributed by atoms with Gasteiger partial charge in [0.2, 0.25) is 0 Å². The molecular weight excluding hydrogens is 331 g/mol. The van der Waals surface area contributed by atoms with Crippen LogP contribution in [0.25, 0.3) is 0 Å². The van der Waals surface area contributed by atoms with Crippen molar-refractivity contribution in [2.24, 2.45) is 5.92 Å². The van der Waals surface area contributed by atoms with Gasteiger partial charge in [0.1, 0.15) is 5.75 Å². The van der Waals surface area contributed by atoms with E-state index < -0.39 is 13.9 Å². The van der Waals surface area contributed by atoms with Crippen LogP contribution in [0.2, 0.25) is 0 Å². The van der Waals surface area contributed by atoms with Gasteiger partial charge in [-0.05, 0) is 41.7 Å². The Morgan fingerprint density at radius 3 is 2.46 bits per heavy atom. The molecule has 1 aliphatic rings. The first-order chi connectivity index (χ1) is 11.2. The van der Waals surface area contributed by atoms with Gasteiger partial charge in [0.25, 0.3) is 0 Å². The zero-order valence-corrected chi connectivity index (χ0v) is 15.2. The number of hydrogen-bond donors (Lipinski definition) is 2.